The summed E-state index contributed by atoms with van der Waals surface area (Å²) in [5.74, 6) is 0. The third kappa shape index (κ3) is 8.04. The first kappa shape index (κ1) is 27.2. The number of nitrogens with zero attached hydrogens (tertiary/aromatic N) is 2. The summed E-state index contributed by atoms with van der Waals surface area (Å²) >= 11 is 3.74. The minimum absolute atomic E-state index is 0.581. The van der Waals surface area contributed by atoms with E-state index in [-0.39, 0.29) is 0 Å². The summed E-state index contributed by atoms with van der Waals surface area (Å²) in [6, 6.07) is 5.75. The van der Waals surface area contributed by atoms with Crippen LogP contribution in [-0.4, -0.2) is 42.6 Å². The number of unbranched alkanes of at least 4 members (excludes halogenated alkanes) is 3. The van der Waals surface area contributed by atoms with Crippen molar-refractivity contribution in [3.63, 3.8) is 0 Å². The molecule has 0 atom stereocenters. The summed E-state index contributed by atoms with van der Waals surface area (Å²) < 4.78 is 14.9. The van der Waals surface area contributed by atoms with Crippen LogP contribution in [0.2, 0.25) is 44.1 Å². The van der Waals surface area contributed by atoms with Crippen LogP contribution < -0.4 is 3.71 Å². The van der Waals surface area contributed by atoms with Gasteiger partial charge < -0.3 is 0 Å². The topological polar surface area (TPSA) is 27.1 Å². The van der Waals surface area contributed by atoms with E-state index in [0.717, 1.165) is 6.61 Å². The Morgan fingerprint density at radius 1 is 0.968 bits per heavy atom. The van der Waals surface area contributed by atoms with Gasteiger partial charge >= 0.3 is 202 Å². The molecule has 0 fully saturated rings. The molecule has 6 heteroatoms. The van der Waals surface area contributed by atoms with E-state index < -0.39 is 26.5 Å². The molecule has 2 heterocycles. The van der Waals surface area contributed by atoms with Crippen molar-refractivity contribution in [3.8, 4) is 0 Å². The average molecular weight is 572 g/mol. The van der Waals surface area contributed by atoms with Crippen LogP contribution in [0.5, 0.6) is 0 Å². The van der Waals surface area contributed by atoms with Crippen molar-refractivity contribution >= 4 is 52.7 Å². The van der Waals surface area contributed by atoms with Crippen LogP contribution >= 0.6 is 11.6 Å². The Hall–Kier alpha value is -0.0444. The van der Waals surface area contributed by atoms with E-state index in [0.29, 0.717) is 11.9 Å². The first-order chi connectivity index (χ1) is 14.8. The second kappa shape index (κ2) is 13.0. The molecule has 0 bridgehead atoms. The second-order valence-electron chi connectivity index (χ2n) is 10.5. The molecule has 0 spiro atoms. The zero-order chi connectivity index (χ0) is 22.9. The molecule has 2 aromatic heterocycles. The van der Waals surface area contributed by atoms with Gasteiger partial charge in [0.2, 0.25) is 0 Å². The van der Waals surface area contributed by atoms with Gasteiger partial charge in [0.1, 0.15) is 0 Å². The number of hydrogen-bond donors (Lipinski definition) is 0. The molecule has 0 aliphatic heterocycles. The van der Waals surface area contributed by atoms with Crippen molar-refractivity contribution in [1.29, 1.82) is 0 Å². The SMILES string of the molecule is CCC[CH2][Sn]([CH2]CCC)([CH2]CCC)[c]1cc2cnc(Cl)cc2n1COCC[Si](C)(C)C. The van der Waals surface area contributed by atoms with Gasteiger partial charge in [0.15, 0.2) is 0 Å². The number of ether oxygens (including phenoxy) is 1. The fourth-order valence-corrected chi connectivity index (χ4v) is 22.1. The number of hydrogen-bond acceptors (Lipinski definition) is 2. The number of rotatable bonds is 15. The van der Waals surface area contributed by atoms with E-state index >= 15 is 0 Å². The Labute approximate surface area is 201 Å². The van der Waals surface area contributed by atoms with Crippen LogP contribution in [0.1, 0.15) is 59.3 Å². The van der Waals surface area contributed by atoms with Crippen molar-refractivity contribution in [2.45, 2.75) is 105 Å². The van der Waals surface area contributed by atoms with Crippen molar-refractivity contribution in [3.05, 3.63) is 23.5 Å². The third-order valence-corrected chi connectivity index (χ3v) is 24.0. The Morgan fingerprint density at radius 2 is 1.55 bits per heavy atom. The summed E-state index contributed by atoms with van der Waals surface area (Å²) in [6.07, 6.45) is 9.92. The normalized spacial score (nSPS) is 12.7. The molecule has 2 rings (SSSR count). The van der Waals surface area contributed by atoms with Crippen LogP contribution in [0.15, 0.2) is 18.3 Å². The second-order valence-corrected chi connectivity index (χ2v) is 29.5. The van der Waals surface area contributed by atoms with Crippen LogP contribution in [0.25, 0.3) is 10.9 Å². The van der Waals surface area contributed by atoms with Crippen molar-refractivity contribution in [2.24, 2.45) is 0 Å². The summed E-state index contributed by atoms with van der Waals surface area (Å²) in [4.78, 5) is 4.40. The monoisotopic (exact) mass is 572 g/mol. The predicted octanol–water partition coefficient (Wildman–Crippen LogP) is 8.06. The summed E-state index contributed by atoms with van der Waals surface area (Å²) in [5.41, 5.74) is 1.22. The summed E-state index contributed by atoms with van der Waals surface area (Å²) in [6.45, 7) is 15.8. The first-order valence-corrected chi connectivity index (χ1v) is 24.1. The number of halogens is 1. The van der Waals surface area contributed by atoms with Gasteiger partial charge in [0, 0.05) is 0 Å². The molecule has 0 radical (unpaired) electrons. The van der Waals surface area contributed by atoms with Gasteiger partial charge in [0.05, 0.1) is 0 Å². The summed E-state index contributed by atoms with van der Waals surface area (Å²) in [5, 5.41) is 1.82. The van der Waals surface area contributed by atoms with E-state index in [9.17, 15) is 0 Å². The Morgan fingerprint density at radius 3 is 2.06 bits per heavy atom. The number of fused-ring (bicyclic) bond motifs is 1. The Balaban J connectivity index is 2.50. The van der Waals surface area contributed by atoms with Crippen LogP contribution in [0, 0.1) is 0 Å². The van der Waals surface area contributed by atoms with E-state index in [1.54, 1.807) is 3.71 Å². The molecule has 0 N–H and O–H groups in total. The Bertz CT molecular complexity index is 781. The van der Waals surface area contributed by atoms with Crippen molar-refractivity contribution < 1.29 is 4.74 Å². The third-order valence-electron chi connectivity index (χ3n) is 6.54. The minimum atomic E-state index is -2.61. The van der Waals surface area contributed by atoms with Gasteiger partial charge in [-0.05, 0) is 0 Å². The zero-order valence-electron chi connectivity index (χ0n) is 20.9. The molecule has 0 saturated heterocycles. The first-order valence-electron chi connectivity index (χ1n) is 12.5. The van der Waals surface area contributed by atoms with Crippen LogP contribution in [0.3, 0.4) is 0 Å². The number of pyridine rings is 1. The van der Waals surface area contributed by atoms with E-state index in [1.807, 2.05) is 6.20 Å². The molecule has 0 unspecified atom stereocenters. The standard InChI is InChI=1S/C13H18ClN2OSi.3C4H9.Sn/c1-18(2,3)7-6-17-10-16-5-4-11-9-15-13(14)8-12(11)16;3*1-3-4-2;/h4,8-9H,6-7,10H2,1-3H3;3*1,3-4H2,2H3;. The van der Waals surface area contributed by atoms with Gasteiger partial charge in [-0.15, -0.1) is 0 Å². The predicted molar refractivity (Wildman–Crippen MR) is 143 cm³/mol. The van der Waals surface area contributed by atoms with Crippen molar-refractivity contribution in [2.75, 3.05) is 6.61 Å². The molecule has 0 aliphatic carbocycles. The van der Waals surface area contributed by atoms with E-state index in [4.69, 9.17) is 16.3 Å². The molecule has 0 aliphatic rings. The molecular formula is C25H45ClN2OSiSn. The molecule has 0 aromatic carbocycles. The fourth-order valence-electron chi connectivity index (χ4n) is 4.55. The molecule has 3 nitrogen and oxygen atoms in total. The molecule has 31 heavy (non-hydrogen) atoms. The van der Waals surface area contributed by atoms with Crippen molar-refractivity contribution in [1.82, 2.24) is 9.55 Å². The fraction of sp³-hybridized carbons (Fsp3) is 0.720. The van der Waals surface area contributed by atoms with Gasteiger partial charge in [-0.1, -0.05) is 0 Å². The quantitative estimate of drug-likeness (QED) is 0.123. The molecule has 0 saturated carbocycles. The van der Waals surface area contributed by atoms with E-state index in [1.165, 1.54) is 68.8 Å². The summed E-state index contributed by atoms with van der Waals surface area (Å²) in [7, 11) is -1.10. The van der Waals surface area contributed by atoms with Gasteiger partial charge in [0.25, 0.3) is 0 Å². The maximum absolute atomic E-state index is 6.34. The van der Waals surface area contributed by atoms with Crippen LogP contribution in [-0.2, 0) is 11.5 Å². The Kier molecular flexibility index (Phi) is 11.4. The van der Waals surface area contributed by atoms with Crippen LogP contribution in [0.4, 0.5) is 0 Å². The van der Waals surface area contributed by atoms with Gasteiger partial charge in [-0.25, -0.2) is 0 Å². The molecule has 176 valence electrons. The zero-order valence-corrected chi connectivity index (χ0v) is 25.5. The molecule has 0 amide bonds. The van der Waals surface area contributed by atoms with E-state index in [2.05, 4.69) is 62.1 Å². The van der Waals surface area contributed by atoms with Gasteiger partial charge in [-0.3, -0.25) is 0 Å². The average Bonchev–Trinajstić information content (AvgIpc) is 3.08. The maximum atomic E-state index is 6.34. The number of aromatic nitrogens is 2. The van der Waals surface area contributed by atoms with Gasteiger partial charge in [-0.2, -0.15) is 0 Å². The molecule has 2 aromatic rings. The molecular weight excluding hydrogens is 527 g/mol.